The molecule has 1 atom stereocenters. The molecule has 0 amide bonds. The van der Waals surface area contributed by atoms with E-state index in [9.17, 15) is 5.11 Å². The molecule has 1 aromatic heterocycles. The summed E-state index contributed by atoms with van der Waals surface area (Å²) in [6.07, 6.45) is 5.24. The molecule has 0 aliphatic heterocycles. The molecule has 92 valence electrons. The molecule has 0 fully saturated rings. The Balaban J connectivity index is 3.00. The smallest absolute Gasteiger partial charge is 0.0987 e. The molecule has 1 unspecified atom stereocenters. The van der Waals surface area contributed by atoms with Crippen molar-refractivity contribution in [3.8, 4) is 0 Å². The summed E-state index contributed by atoms with van der Waals surface area (Å²) >= 11 is 1.65. The first kappa shape index (κ1) is 13.7. The van der Waals surface area contributed by atoms with E-state index in [0.29, 0.717) is 0 Å². The van der Waals surface area contributed by atoms with Crippen LogP contribution < -0.4 is 0 Å². The van der Waals surface area contributed by atoms with E-state index in [1.165, 1.54) is 6.42 Å². The topological polar surface area (TPSA) is 33.1 Å². The zero-order chi connectivity index (χ0) is 12.4. The standard InChI is InChI=1S/C13H23NOS/c1-6-8-13(5,7-2)11-14-9-10(16-11)12(3,4)15/h9,15H,6-8H2,1-5H3. The van der Waals surface area contributed by atoms with Crippen LogP contribution in [0.1, 0.15) is 63.8 Å². The molecular formula is C13H23NOS. The van der Waals surface area contributed by atoms with Gasteiger partial charge in [0.1, 0.15) is 0 Å². The number of rotatable bonds is 5. The number of aliphatic hydroxyl groups is 1. The van der Waals surface area contributed by atoms with Gasteiger partial charge in [0.25, 0.3) is 0 Å². The number of nitrogens with zero attached hydrogens (tertiary/aromatic N) is 1. The summed E-state index contributed by atoms with van der Waals surface area (Å²) in [5, 5.41) is 11.1. The summed E-state index contributed by atoms with van der Waals surface area (Å²) in [6, 6.07) is 0. The van der Waals surface area contributed by atoms with Gasteiger partial charge in [-0.1, -0.05) is 27.2 Å². The first-order valence-corrected chi connectivity index (χ1v) is 6.84. The Morgan fingerprint density at radius 1 is 1.31 bits per heavy atom. The lowest BCUT2D eigenvalue weighted by Gasteiger charge is -2.25. The zero-order valence-electron chi connectivity index (χ0n) is 11.0. The first-order valence-electron chi connectivity index (χ1n) is 6.02. The second kappa shape index (κ2) is 4.84. The maximum Gasteiger partial charge on any atom is 0.0987 e. The summed E-state index contributed by atoms with van der Waals surface area (Å²) in [7, 11) is 0. The largest absolute Gasteiger partial charge is 0.385 e. The van der Waals surface area contributed by atoms with Crippen molar-refractivity contribution >= 4 is 11.3 Å². The first-order chi connectivity index (χ1) is 7.33. The molecule has 0 saturated carbocycles. The quantitative estimate of drug-likeness (QED) is 0.849. The maximum absolute atomic E-state index is 9.94. The van der Waals surface area contributed by atoms with E-state index < -0.39 is 5.60 Å². The van der Waals surface area contributed by atoms with Gasteiger partial charge < -0.3 is 5.11 Å². The summed E-state index contributed by atoms with van der Waals surface area (Å²) in [5.41, 5.74) is -0.598. The fourth-order valence-electron chi connectivity index (χ4n) is 1.82. The average molecular weight is 241 g/mol. The Morgan fingerprint density at radius 2 is 1.94 bits per heavy atom. The summed E-state index contributed by atoms with van der Waals surface area (Å²) < 4.78 is 0. The summed E-state index contributed by atoms with van der Waals surface area (Å²) in [5.74, 6) is 0. The van der Waals surface area contributed by atoms with Crippen LogP contribution in [-0.4, -0.2) is 10.1 Å². The molecule has 3 heteroatoms. The van der Waals surface area contributed by atoms with Gasteiger partial charge in [-0.15, -0.1) is 11.3 Å². The molecule has 2 nitrogen and oxygen atoms in total. The predicted molar refractivity (Wildman–Crippen MR) is 69.9 cm³/mol. The molecule has 1 heterocycles. The van der Waals surface area contributed by atoms with Crippen LogP contribution in [0.15, 0.2) is 6.20 Å². The molecule has 0 radical (unpaired) electrons. The van der Waals surface area contributed by atoms with Crippen LogP contribution in [-0.2, 0) is 11.0 Å². The predicted octanol–water partition coefficient (Wildman–Crippen LogP) is 3.84. The Labute approximate surface area is 103 Å². The molecule has 0 aliphatic carbocycles. The highest BCUT2D eigenvalue weighted by atomic mass is 32.1. The van der Waals surface area contributed by atoms with E-state index in [4.69, 9.17) is 0 Å². The van der Waals surface area contributed by atoms with Crippen LogP contribution in [0.2, 0.25) is 0 Å². The van der Waals surface area contributed by atoms with Crippen molar-refractivity contribution in [1.29, 1.82) is 0 Å². The van der Waals surface area contributed by atoms with Gasteiger partial charge in [0.2, 0.25) is 0 Å². The third-order valence-electron chi connectivity index (χ3n) is 3.21. The minimum absolute atomic E-state index is 0.170. The van der Waals surface area contributed by atoms with Crippen LogP contribution in [0.3, 0.4) is 0 Å². The minimum atomic E-state index is -0.767. The van der Waals surface area contributed by atoms with Gasteiger partial charge in [-0.2, -0.15) is 0 Å². The molecule has 16 heavy (non-hydrogen) atoms. The molecule has 0 aliphatic rings. The fourth-order valence-corrected chi connectivity index (χ4v) is 2.98. The van der Waals surface area contributed by atoms with Gasteiger partial charge in [0.05, 0.1) is 15.5 Å². The normalized spacial score (nSPS) is 16.1. The van der Waals surface area contributed by atoms with Gasteiger partial charge >= 0.3 is 0 Å². The van der Waals surface area contributed by atoms with E-state index in [2.05, 4.69) is 25.8 Å². The zero-order valence-corrected chi connectivity index (χ0v) is 11.8. The van der Waals surface area contributed by atoms with Crippen LogP contribution in [0.25, 0.3) is 0 Å². The number of aromatic nitrogens is 1. The van der Waals surface area contributed by atoms with Crippen molar-refractivity contribution in [1.82, 2.24) is 4.98 Å². The lowest BCUT2D eigenvalue weighted by Crippen LogP contribution is -2.20. The highest BCUT2D eigenvalue weighted by molar-refractivity contribution is 7.11. The highest BCUT2D eigenvalue weighted by Gasteiger charge is 2.29. The van der Waals surface area contributed by atoms with Crippen LogP contribution in [0.4, 0.5) is 0 Å². The molecule has 0 spiro atoms. The second-order valence-corrected chi connectivity index (χ2v) is 6.28. The number of hydrogen-bond donors (Lipinski definition) is 1. The van der Waals surface area contributed by atoms with Crippen molar-refractivity contribution in [2.24, 2.45) is 0 Å². The van der Waals surface area contributed by atoms with Gasteiger partial charge in [-0.3, -0.25) is 0 Å². The molecule has 0 aromatic carbocycles. The van der Waals surface area contributed by atoms with Crippen molar-refractivity contribution in [3.63, 3.8) is 0 Å². The Bertz CT molecular complexity index is 340. The SMILES string of the molecule is CCCC(C)(CC)c1ncc(C(C)(C)O)s1. The summed E-state index contributed by atoms with van der Waals surface area (Å²) in [4.78, 5) is 5.46. The Morgan fingerprint density at radius 3 is 2.31 bits per heavy atom. The third-order valence-corrected chi connectivity index (χ3v) is 4.82. The van der Waals surface area contributed by atoms with E-state index >= 15 is 0 Å². The van der Waals surface area contributed by atoms with Crippen LogP contribution >= 0.6 is 11.3 Å². The molecule has 0 saturated heterocycles. The van der Waals surface area contributed by atoms with Crippen molar-refractivity contribution in [2.45, 2.75) is 64.9 Å². The summed E-state index contributed by atoms with van der Waals surface area (Å²) in [6.45, 7) is 10.3. The van der Waals surface area contributed by atoms with Crippen molar-refractivity contribution in [3.05, 3.63) is 16.1 Å². The molecule has 0 bridgehead atoms. The number of thiazole rings is 1. The van der Waals surface area contributed by atoms with E-state index in [0.717, 1.165) is 22.7 Å². The lowest BCUT2D eigenvalue weighted by molar-refractivity contribution is 0.0823. The molecular weight excluding hydrogens is 218 g/mol. The monoisotopic (exact) mass is 241 g/mol. The van der Waals surface area contributed by atoms with Crippen molar-refractivity contribution in [2.75, 3.05) is 0 Å². The van der Waals surface area contributed by atoms with Gasteiger partial charge in [0, 0.05) is 11.6 Å². The molecule has 1 N–H and O–H groups in total. The minimum Gasteiger partial charge on any atom is -0.385 e. The van der Waals surface area contributed by atoms with Gasteiger partial charge in [-0.25, -0.2) is 4.98 Å². The average Bonchev–Trinajstić information content (AvgIpc) is 2.66. The van der Waals surface area contributed by atoms with E-state index in [-0.39, 0.29) is 5.41 Å². The molecule has 1 aromatic rings. The lowest BCUT2D eigenvalue weighted by atomic mass is 9.84. The van der Waals surface area contributed by atoms with E-state index in [1.807, 2.05) is 20.0 Å². The second-order valence-electron chi connectivity index (χ2n) is 5.25. The van der Waals surface area contributed by atoms with Crippen LogP contribution in [0.5, 0.6) is 0 Å². The van der Waals surface area contributed by atoms with Crippen LogP contribution in [0, 0.1) is 0 Å². The Kier molecular flexibility index (Phi) is 4.13. The third kappa shape index (κ3) is 2.83. The Hall–Kier alpha value is -0.410. The van der Waals surface area contributed by atoms with Crippen molar-refractivity contribution < 1.29 is 5.11 Å². The molecule has 1 rings (SSSR count). The highest BCUT2D eigenvalue weighted by Crippen LogP contribution is 2.37. The van der Waals surface area contributed by atoms with Gasteiger partial charge in [0.15, 0.2) is 0 Å². The van der Waals surface area contributed by atoms with Gasteiger partial charge in [-0.05, 0) is 26.7 Å². The number of hydrogen-bond acceptors (Lipinski definition) is 3. The fraction of sp³-hybridized carbons (Fsp3) is 0.769. The maximum atomic E-state index is 9.94. The van der Waals surface area contributed by atoms with E-state index in [1.54, 1.807) is 11.3 Å².